The fourth-order valence-electron chi connectivity index (χ4n) is 4.64. The van der Waals surface area contributed by atoms with Gasteiger partial charge >= 0.3 is 0 Å². The second-order valence-corrected chi connectivity index (χ2v) is 10.3. The van der Waals surface area contributed by atoms with Crippen LogP contribution in [0.1, 0.15) is 36.7 Å². The number of hydrogen-bond acceptors (Lipinski definition) is 5. The van der Waals surface area contributed by atoms with Crippen LogP contribution in [0.5, 0.6) is 5.75 Å². The summed E-state index contributed by atoms with van der Waals surface area (Å²) >= 11 is 12.1. The summed E-state index contributed by atoms with van der Waals surface area (Å²) < 4.78 is 0.711. The number of amides is 2. The zero-order valence-electron chi connectivity index (χ0n) is 16.8. The fourth-order valence-corrected chi connectivity index (χ4v) is 5.17. The summed E-state index contributed by atoms with van der Waals surface area (Å²) in [4.78, 5) is 39.6. The molecule has 0 unspecified atom stereocenters. The summed E-state index contributed by atoms with van der Waals surface area (Å²) in [7, 11) is 0. The van der Waals surface area contributed by atoms with Gasteiger partial charge in [-0.15, -0.1) is 23.2 Å². The molecule has 164 valence electrons. The molecule has 2 N–H and O–H groups in total. The van der Waals surface area contributed by atoms with Crippen molar-refractivity contribution in [3.8, 4) is 5.75 Å². The number of benzene rings is 1. The summed E-state index contributed by atoms with van der Waals surface area (Å²) in [5, 5.41) is 17.5. The molecule has 31 heavy (non-hydrogen) atoms. The number of phenolic OH excluding ortho intramolecular Hbond substituents is 1. The molecular weight excluding hydrogens is 443 g/mol. The number of rotatable bonds is 6. The monoisotopic (exact) mass is 464 g/mol. The maximum absolute atomic E-state index is 13.2. The van der Waals surface area contributed by atoms with Crippen molar-refractivity contribution < 1.29 is 19.5 Å². The molecule has 4 atom stereocenters. The largest absolute Gasteiger partial charge is 0.508 e. The third-order valence-electron chi connectivity index (χ3n) is 6.53. The van der Waals surface area contributed by atoms with Gasteiger partial charge in [0.1, 0.15) is 28.4 Å². The van der Waals surface area contributed by atoms with Gasteiger partial charge < -0.3 is 15.3 Å². The lowest BCUT2D eigenvalue weighted by atomic mass is 10.1. The van der Waals surface area contributed by atoms with E-state index < -0.39 is 10.4 Å². The van der Waals surface area contributed by atoms with Crippen molar-refractivity contribution in [2.45, 2.75) is 49.1 Å². The number of likely N-dealkylation sites (tertiary alicyclic amines) is 1. The number of carbonyl (C=O) groups excluding carboxylic acids is 3. The molecule has 3 aliphatic rings. The Morgan fingerprint density at radius 1 is 1.29 bits per heavy atom. The number of alkyl halides is 2. The van der Waals surface area contributed by atoms with Crippen LogP contribution in [-0.4, -0.2) is 60.3 Å². The third kappa shape index (κ3) is 3.65. The molecule has 0 radical (unpaired) electrons. The summed E-state index contributed by atoms with van der Waals surface area (Å²) in [6.45, 7) is 1.70. The highest BCUT2D eigenvalue weighted by Gasteiger charge is 2.56. The van der Waals surface area contributed by atoms with Crippen molar-refractivity contribution in [3.05, 3.63) is 23.9 Å². The number of ketones is 1. The first-order chi connectivity index (χ1) is 14.7. The van der Waals surface area contributed by atoms with E-state index >= 15 is 0 Å². The number of aromatic hydroxyl groups is 1. The molecule has 2 amide bonds. The molecule has 3 fully saturated rings. The minimum atomic E-state index is -0.759. The number of aromatic nitrogens is 2. The Labute approximate surface area is 188 Å². The Balaban J connectivity index is 1.33. The van der Waals surface area contributed by atoms with Gasteiger partial charge in [-0.25, -0.2) is 0 Å². The highest BCUT2D eigenvalue weighted by molar-refractivity contribution is 6.50. The van der Waals surface area contributed by atoms with Crippen LogP contribution >= 0.6 is 23.2 Å². The molecule has 0 bridgehead atoms. The molecule has 0 spiro atoms. The molecule has 1 aromatic carbocycles. The highest BCUT2D eigenvalue weighted by atomic mass is 35.5. The van der Waals surface area contributed by atoms with Gasteiger partial charge in [0.05, 0.1) is 5.52 Å². The molecule has 2 aromatic rings. The fraction of sp³-hybridized carbons (Fsp3) is 0.524. The quantitative estimate of drug-likeness (QED) is 0.503. The maximum atomic E-state index is 13.2. The summed E-state index contributed by atoms with van der Waals surface area (Å²) in [5.41, 5.74) is 0.784. The average molecular weight is 465 g/mol. The molecule has 2 saturated carbocycles. The lowest BCUT2D eigenvalue weighted by Gasteiger charge is -2.27. The average Bonchev–Trinajstić information content (AvgIpc) is 3.49. The third-order valence-corrected chi connectivity index (χ3v) is 7.45. The Morgan fingerprint density at radius 3 is 2.71 bits per heavy atom. The van der Waals surface area contributed by atoms with Gasteiger partial charge in [0, 0.05) is 30.8 Å². The number of phenols is 1. The lowest BCUT2D eigenvalue weighted by Crippen LogP contribution is -2.49. The van der Waals surface area contributed by atoms with Crippen LogP contribution in [-0.2, 0) is 16.1 Å². The van der Waals surface area contributed by atoms with Gasteiger partial charge in [-0.1, -0.05) is 0 Å². The Morgan fingerprint density at radius 2 is 2.03 bits per heavy atom. The van der Waals surface area contributed by atoms with E-state index in [0.29, 0.717) is 36.2 Å². The number of halogens is 2. The minimum absolute atomic E-state index is 0.0200. The van der Waals surface area contributed by atoms with Crippen molar-refractivity contribution in [1.82, 2.24) is 20.0 Å². The minimum Gasteiger partial charge on any atom is -0.508 e. The van der Waals surface area contributed by atoms with Crippen molar-refractivity contribution in [3.63, 3.8) is 0 Å². The Kier molecular flexibility index (Phi) is 4.71. The summed E-state index contributed by atoms with van der Waals surface area (Å²) in [6, 6.07) is 4.14. The van der Waals surface area contributed by atoms with E-state index in [9.17, 15) is 19.5 Å². The van der Waals surface area contributed by atoms with E-state index in [-0.39, 0.29) is 47.5 Å². The standard InChI is InChI=1S/C21H22Cl2N4O4/c1-10(28)19-14-6-13(29)2-3-15(14)26(25-19)9-18(30)27-16-4-11(16)5-17(27)20(31)24-8-12-7-21(12,22)23/h2-3,6,11-12,16-17,29H,4-5,7-9H2,1H3,(H,24,31)/t11-,12-,16-,17+/m1/s1. The van der Waals surface area contributed by atoms with E-state index in [0.717, 1.165) is 6.42 Å². The van der Waals surface area contributed by atoms with E-state index in [2.05, 4.69) is 10.4 Å². The summed E-state index contributed by atoms with van der Waals surface area (Å²) in [6.07, 6.45) is 2.19. The number of fused-ring (bicyclic) bond motifs is 2. The van der Waals surface area contributed by atoms with Crippen molar-refractivity contribution in [2.75, 3.05) is 6.54 Å². The zero-order chi connectivity index (χ0) is 22.1. The van der Waals surface area contributed by atoms with Gasteiger partial charge in [0.15, 0.2) is 5.78 Å². The normalized spacial score (nSPS) is 27.8. The van der Waals surface area contributed by atoms with Crippen molar-refractivity contribution >= 4 is 51.7 Å². The van der Waals surface area contributed by atoms with Gasteiger partial charge in [-0.05, 0) is 43.4 Å². The molecule has 2 heterocycles. The zero-order valence-corrected chi connectivity index (χ0v) is 18.4. The van der Waals surface area contributed by atoms with Gasteiger partial charge in [0.2, 0.25) is 11.8 Å². The second-order valence-electron chi connectivity index (χ2n) is 8.79. The first kappa shape index (κ1) is 20.6. The van der Waals surface area contributed by atoms with Crippen LogP contribution in [0, 0.1) is 11.8 Å². The number of piperidine rings is 1. The van der Waals surface area contributed by atoms with Crippen LogP contribution in [0.2, 0.25) is 0 Å². The highest BCUT2D eigenvalue weighted by Crippen LogP contribution is 2.53. The molecule has 1 aromatic heterocycles. The SMILES string of the molecule is CC(=O)c1nn(CC(=O)N2[C@@H]3C[C@@H]3C[C@H]2C(=O)NC[C@H]2CC2(Cl)Cl)c2ccc(O)cc12. The van der Waals surface area contributed by atoms with E-state index in [1.807, 2.05) is 0 Å². The van der Waals surface area contributed by atoms with Crippen LogP contribution in [0.15, 0.2) is 18.2 Å². The van der Waals surface area contributed by atoms with Crippen LogP contribution < -0.4 is 5.32 Å². The van der Waals surface area contributed by atoms with E-state index in [1.54, 1.807) is 11.0 Å². The topological polar surface area (TPSA) is 105 Å². The predicted octanol–water partition coefficient (Wildman–Crippen LogP) is 2.24. The van der Waals surface area contributed by atoms with Gasteiger partial charge in [0.25, 0.3) is 0 Å². The van der Waals surface area contributed by atoms with E-state index in [4.69, 9.17) is 23.2 Å². The number of nitrogens with zero attached hydrogens (tertiary/aromatic N) is 3. The van der Waals surface area contributed by atoms with Crippen molar-refractivity contribution in [2.24, 2.45) is 11.8 Å². The van der Waals surface area contributed by atoms with Crippen LogP contribution in [0.25, 0.3) is 10.9 Å². The Bertz CT molecular complexity index is 1110. The molecule has 2 aliphatic carbocycles. The molecule has 1 saturated heterocycles. The predicted molar refractivity (Wildman–Crippen MR) is 114 cm³/mol. The van der Waals surface area contributed by atoms with Crippen LogP contribution in [0.4, 0.5) is 0 Å². The lowest BCUT2D eigenvalue weighted by molar-refractivity contribution is -0.140. The number of hydrogen-bond donors (Lipinski definition) is 2. The number of carbonyl (C=O) groups is 3. The van der Waals surface area contributed by atoms with Crippen LogP contribution in [0.3, 0.4) is 0 Å². The first-order valence-corrected chi connectivity index (χ1v) is 11.1. The van der Waals surface area contributed by atoms with Crippen molar-refractivity contribution in [1.29, 1.82) is 0 Å². The number of nitrogens with one attached hydrogen (secondary N) is 1. The van der Waals surface area contributed by atoms with E-state index in [1.165, 1.54) is 23.7 Å². The molecular formula is C21H22Cl2N4O4. The summed E-state index contributed by atoms with van der Waals surface area (Å²) in [5.74, 6) is -0.246. The molecule has 10 heteroatoms. The Hall–Kier alpha value is -2.32. The maximum Gasteiger partial charge on any atom is 0.245 e. The smallest absolute Gasteiger partial charge is 0.245 e. The number of Topliss-reactive ketones (excluding diaryl/α,β-unsaturated/α-hetero) is 1. The molecule has 5 rings (SSSR count). The molecule has 1 aliphatic heterocycles. The van der Waals surface area contributed by atoms with Gasteiger partial charge in [-0.2, -0.15) is 5.10 Å². The van der Waals surface area contributed by atoms with Gasteiger partial charge in [-0.3, -0.25) is 19.1 Å². The second kappa shape index (κ2) is 7.10. The molecule has 8 nitrogen and oxygen atoms in total. The first-order valence-electron chi connectivity index (χ1n) is 10.3.